The minimum atomic E-state index is -0.264. The fourth-order valence-electron chi connectivity index (χ4n) is 3.39. The second kappa shape index (κ2) is 6.53. The largest absolute Gasteiger partial charge is 0.394 e. The normalized spacial score (nSPS) is 17.6. The van der Waals surface area contributed by atoms with E-state index in [0.717, 1.165) is 51.4 Å². The Bertz CT molecular complexity index is 925. The van der Waals surface area contributed by atoms with Crippen LogP contribution in [0.15, 0.2) is 30.3 Å². The lowest BCUT2D eigenvalue weighted by Crippen LogP contribution is -2.32. The number of hydrogen-bond acceptors (Lipinski definition) is 4. The second-order valence-electron chi connectivity index (χ2n) is 6.31. The van der Waals surface area contributed by atoms with Gasteiger partial charge in [0.15, 0.2) is 5.65 Å². The molecule has 3 heterocycles. The third-order valence-electron chi connectivity index (χ3n) is 4.70. The summed E-state index contributed by atoms with van der Waals surface area (Å²) in [4.78, 5) is 6.97. The molecule has 1 aromatic carbocycles. The van der Waals surface area contributed by atoms with Crippen LogP contribution < -0.4 is 4.90 Å². The molecule has 0 bridgehead atoms. The number of anilines is 1. The summed E-state index contributed by atoms with van der Waals surface area (Å²) in [7, 11) is 0. The van der Waals surface area contributed by atoms with E-state index in [-0.39, 0.29) is 18.5 Å². The third-order valence-corrected chi connectivity index (χ3v) is 5.96. The Morgan fingerprint density at radius 2 is 2.08 bits per heavy atom. The molecule has 1 saturated heterocycles. The number of benzene rings is 1. The first-order valence-electron chi connectivity index (χ1n) is 8.28. The lowest BCUT2D eigenvalue weighted by atomic mass is 10.1. The number of halogens is 2. The summed E-state index contributed by atoms with van der Waals surface area (Å²) in [6.45, 7) is 2.95. The van der Waals surface area contributed by atoms with Crippen LogP contribution in [0.1, 0.15) is 18.5 Å². The molecular weight excluding hydrogens is 434 g/mol. The highest BCUT2D eigenvalue weighted by Gasteiger charge is 2.26. The van der Waals surface area contributed by atoms with Gasteiger partial charge in [0.2, 0.25) is 0 Å². The summed E-state index contributed by atoms with van der Waals surface area (Å²) >= 11 is 2.26. The van der Waals surface area contributed by atoms with E-state index in [1.165, 1.54) is 12.1 Å². The molecule has 130 valence electrons. The van der Waals surface area contributed by atoms with Gasteiger partial charge in [-0.2, -0.15) is 5.10 Å². The van der Waals surface area contributed by atoms with Crippen molar-refractivity contribution in [1.29, 1.82) is 0 Å². The number of fused-ring (bicyclic) bond motifs is 1. The smallest absolute Gasteiger partial charge is 0.171 e. The second-order valence-corrected chi connectivity index (χ2v) is 7.39. The van der Waals surface area contributed by atoms with Gasteiger partial charge >= 0.3 is 0 Å². The predicted octanol–water partition coefficient (Wildman–Crippen LogP) is 3.41. The van der Waals surface area contributed by atoms with E-state index in [9.17, 15) is 9.50 Å². The van der Waals surface area contributed by atoms with Crippen molar-refractivity contribution in [3.63, 3.8) is 0 Å². The first-order valence-corrected chi connectivity index (χ1v) is 9.35. The van der Waals surface area contributed by atoms with Crippen LogP contribution in [0.5, 0.6) is 0 Å². The highest BCUT2D eigenvalue weighted by atomic mass is 127. The molecule has 2 aromatic heterocycles. The van der Waals surface area contributed by atoms with Crippen molar-refractivity contribution in [2.75, 3.05) is 18.1 Å². The molecule has 0 radical (unpaired) electrons. The molecule has 0 amide bonds. The molecule has 1 aliphatic heterocycles. The molecule has 1 aliphatic rings. The summed E-state index contributed by atoms with van der Waals surface area (Å²) in [5.41, 5.74) is 3.45. The third kappa shape index (κ3) is 2.89. The Balaban J connectivity index is 1.93. The van der Waals surface area contributed by atoms with Crippen LogP contribution >= 0.6 is 22.6 Å². The quantitative estimate of drug-likeness (QED) is 0.620. The SMILES string of the molecule is Cc1nn2c(-c3ccc(F)cc3)cc(N3CCC[C@H]3CO)nc2c1I. The topological polar surface area (TPSA) is 53.7 Å². The maximum absolute atomic E-state index is 13.3. The van der Waals surface area contributed by atoms with Crippen molar-refractivity contribution in [2.45, 2.75) is 25.8 Å². The van der Waals surface area contributed by atoms with Gasteiger partial charge in [0.05, 0.1) is 27.6 Å². The standard InChI is InChI=1S/C18H18FIN4O/c1-11-17(20)18-21-16(23-8-2-3-14(23)10-25)9-15(24(18)22-11)12-4-6-13(19)7-5-12/h4-7,9,14,25H,2-3,8,10H2,1H3/t14-/m0/s1. The molecule has 25 heavy (non-hydrogen) atoms. The molecule has 0 unspecified atom stereocenters. The molecule has 0 spiro atoms. The average Bonchev–Trinajstić information content (AvgIpc) is 3.20. The Labute approximate surface area is 158 Å². The molecule has 3 aromatic rings. The number of aliphatic hydroxyl groups is 1. The van der Waals surface area contributed by atoms with Crippen molar-refractivity contribution in [1.82, 2.24) is 14.6 Å². The van der Waals surface area contributed by atoms with Gasteiger partial charge in [0.25, 0.3) is 0 Å². The minimum absolute atomic E-state index is 0.0951. The Hall–Kier alpha value is -1.74. The highest BCUT2D eigenvalue weighted by Crippen LogP contribution is 2.31. The molecule has 0 aliphatic carbocycles. The number of nitrogens with zero attached hydrogens (tertiary/aromatic N) is 4. The molecule has 1 fully saturated rings. The van der Waals surface area contributed by atoms with Crippen LogP contribution in [0.2, 0.25) is 0 Å². The first kappa shape index (κ1) is 16.7. The van der Waals surface area contributed by atoms with Crippen LogP contribution in [0.3, 0.4) is 0 Å². The number of aromatic nitrogens is 3. The predicted molar refractivity (Wildman–Crippen MR) is 103 cm³/mol. The van der Waals surface area contributed by atoms with E-state index in [4.69, 9.17) is 4.98 Å². The molecule has 1 atom stereocenters. The van der Waals surface area contributed by atoms with Gasteiger partial charge in [0.1, 0.15) is 11.6 Å². The molecule has 5 nitrogen and oxygen atoms in total. The van der Waals surface area contributed by atoms with E-state index in [1.54, 1.807) is 12.1 Å². The van der Waals surface area contributed by atoms with Gasteiger partial charge in [-0.15, -0.1) is 0 Å². The van der Waals surface area contributed by atoms with E-state index < -0.39 is 0 Å². The molecule has 4 rings (SSSR count). The van der Waals surface area contributed by atoms with Crippen molar-refractivity contribution in [2.24, 2.45) is 0 Å². The maximum atomic E-state index is 13.3. The zero-order valence-electron chi connectivity index (χ0n) is 13.8. The number of rotatable bonds is 3. The van der Waals surface area contributed by atoms with Gasteiger partial charge < -0.3 is 10.0 Å². The Morgan fingerprint density at radius 1 is 1.32 bits per heavy atom. The van der Waals surface area contributed by atoms with Crippen LogP contribution in [0, 0.1) is 16.3 Å². The van der Waals surface area contributed by atoms with E-state index in [2.05, 4.69) is 32.6 Å². The van der Waals surface area contributed by atoms with E-state index >= 15 is 0 Å². The molecule has 1 N–H and O–H groups in total. The zero-order valence-corrected chi connectivity index (χ0v) is 15.9. The highest BCUT2D eigenvalue weighted by molar-refractivity contribution is 14.1. The van der Waals surface area contributed by atoms with Gasteiger partial charge in [-0.1, -0.05) is 0 Å². The van der Waals surface area contributed by atoms with Crippen molar-refractivity contribution in [3.8, 4) is 11.3 Å². The van der Waals surface area contributed by atoms with E-state index in [1.807, 2.05) is 17.5 Å². The van der Waals surface area contributed by atoms with Crippen LogP contribution in [0.25, 0.3) is 16.9 Å². The van der Waals surface area contributed by atoms with Crippen LogP contribution in [-0.4, -0.2) is 38.9 Å². The van der Waals surface area contributed by atoms with Gasteiger partial charge in [-0.05, 0) is 66.6 Å². The van der Waals surface area contributed by atoms with Gasteiger partial charge in [-0.25, -0.2) is 13.9 Å². The van der Waals surface area contributed by atoms with Crippen molar-refractivity contribution < 1.29 is 9.50 Å². The molecular formula is C18H18FIN4O. The monoisotopic (exact) mass is 452 g/mol. The van der Waals surface area contributed by atoms with Crippen molar-refractivity contribution in [3.05, 3.63) is 45.4 Å². The number of aryl methyl sites for hydroxylation is 1. The van der Waals surface area contributed by atoms with Gasteiger partial charge in [0, 0.05) is 18.2 Å². The minimum Gasteiger partial charge on any atom is -0.394 e. The summed E-state index contributed by atoms with van der Waals surface area (Å²) in [5.74, 6) is 0.571. The Kier molecular flexibility index (Phi) is 4.36. The lowest BCUT2D eigenvalue weighted by Gasteiger charge is -2.24. The molecule has 0 saturated carbocycles. The summed E-state index contributed by atoms with van der Waals surface area (Å²) < 4.78 is 16.2. The maximum Gasteiger partial charge on any atom is 0.171 e. The van der Waals surface area contributed by atoms with Crippen LogP contribution in [0.4, 0.5) is 10.2 Å². The van der Waals surface area contributed by atoms with Crippen molar-refractivity contribution >= 4 is 34.1 Å². The lowest BCUT2D eigenvalue weighted by molar-refractivity contribution is 0.266. The average molecular weight is 452 g/mol. The fraction of sp³-hybridized carbons (Fsp3) is 0.333. The summed E-state index contributed by atoms with van der Waals surface area (Å²) in [6.07, 6.45) is 2.00. The Morgan fingerprint density at radius 3 is 2.80 bits per heavy atom. The number of aliphatic hydroxyl groups excluding tert-OH is 1. The van der Waals surface area contributed by atoms with E-state index in [0.29, 0.717) is 0 Å². The summed E-state index contributed by atoms with van der Waals surface area (Å²) in [6, 6.07) is 8.50. The van der Waals surface area contributed by atoms with Crippen LogP contribution in [-0.2, 0) is 0 Å². The summed E-state index contributed by atoms with van der Waals surface area (Å²) in [5, 5.41) is 14.3. The molecule has 7 heteroatoms. The zero-order chi connectivity index (χ0) is 17.6. The number of hydrogen-bond donors (Lipinski definition) is 1. The van der Waals surface area contributed by atoms with Gasteiger partial charge in [-0.3, -0.25) is 0 Å². The fourth-order valence-corrected chi connectivity index (χ4v) is 3.84. The first-order chi connectivity index (χ1) is 12.1.